The SMILES string of the molecule is CC(C)OC(=O)c1cc(=O)n(C)c(=O)[nH]1. The van der Waals surface area contributed by atoms with Crippen LogP contribution in [0.3, 0.4) is 0 Å². The number of rotatable bonds is 2. The molecular formula is C9H12N2O4. The van der Waals surface area contributed by atoms with Crippen LogP contribution in [0.25, 0.3) is 0 Å². The van der Waals surface area contributed by atoms with E-state index < -0.39 is 17.2 Å². The molecule has 0 radical (unpaired) electrons. The Morgan fingerprint density at radius 3 is 2.53 bits per heavy atom. The number of carbonyl (C=O) groups is 1. The van der Waals surface area contributed by atoms with Gasteiger partial charge in [-0.1, -0.05) is 0 Å². The second-order valence-electron chi connectivity index (χ2n) is 3.34. The van der Waals surface area contributed by atoms with Crippen LogP contribution < -0.4 is 11.2 Å². The van der Waals surface area contributed by atoms with E-state index in [-0.39, 0.29) is 11.8 Å². The van der Waals surface area contributed by atoms with Gasteiger partial charge < -0.3 is 9.72 Å². The van der Waals surface area contributed by atoms with Crippen molar-refractivity contribution in [3.63, 3.8) is 0 Å². The fourth-order valence-corrected chi connectivity index (χ4v) is 0.943. The van der Waals surface area contributed by atoms with Gasteiger partial charge in [0.2, 0.25) is 0 Å². The lowest BCUT2D eigenvalue weighted by Crippen LogP contribution is -2.34. The van der Waals surface area contributed by atoms with Crippen molar-refractivity contribution in [3.8, 4) is 0 Å². The molecule has 0 amide bonds. The van der Waals surface area contributed by atoms with Gasteiger partial charge in [-0.25, -0.2) is 9.59 Å². The summed E-state index contributed by atoms with van der Waals surface area (Å²) in [4.78, 5) is 35.9. The third-order valence-corrected chi connectivity index (χ3v) is 1.71. The molecule has 0 spiro atoms. The van der Waals surface area contributed by atoms with E-state index in [0.717, 1.165) is 10.6 Å². The molecule has 1 N–H and O–H groups in total. The zero-order valence-electron chi connectivity index (χ0n) is 8.73. The van der Waals surface area contributed by atoms with Crippen molar-refractivity contribution in [1.29, 1.82) is 0 Å². The van der Waals surface area contributed by atoms with E-state index in [2.05, 4.69) is 4.98 Å². The summed E-state index contributed by atoms with van der Waals surface area (Å²) in [6.45, 7) is 3.36. The van der Waals surface area contributed by atoms with Crippen molar-refractivity contribution >= 4 is 5.97 Å². The van der Waals surface area contributed by atoms with Crippen LogP contribution in [0, 0.1) is 0 Å². The van der Waals surface area contributed by atoms with Crippen LogP contribution >= 0.6 is 0 Å². The molecule has 1 rings (SSSR count). The molecule has 0 saturated carbocycles. The van der Waals surface area contributed by atoms with E-state index in [0.29, 0.717) is 0 Å². The lowest BCUT2D eigenvalue weighted by molar-refractivity contribution is 0.0370. The maximum Gasteiger partial charge on any atom is 0.355 e. The first-order chi connectivity index (χ1) is 6.91. The quantitative estimate of drug-likeness (QED) is 0.679. The number of hydrogen-bond acceptors (Lipinski definition) is 4. The number of hydrogen-bond donors (Lipinski definition) is 1. The molecule has 0 atom stereocenters. The van der Waals surface area contributed by atoms with Crippen molar-refractivity contribution in [3.05, 3.63) is 32.6 Å². The van der Waals surface area contributed by atoms with Crippen molar-refractivity contribution < 1.29 is 9.53 Å². The summed E-state index contributed by atoms with van der Waals surface area (Å²) < 4.78 is 5.70. The minimum absolute atomic E-state index is 0.128. The summed E-state index contributed by atoms with van der Waals surface area (Å²) in [5.41, 5.74) is -1.32. The molecule has 15 heavy (non-hydrogen) atoms. The number of esters is 1. The molecule has 1 heterocycles. The van der Waals surface area contributed by atoms with Gasteiger partial charge in [0.1, 0.15) is 5.69 Å². The molecule has 0 fully saturated rings. The molecule has 6 nitrogen and oxygen atoms in total. The lowest BCUT2D eigenvalue weighted by Gasteiger charge is -2.07. The largest absolute Gasteiger partial charge is 0.458 e. The van der Waals surface area contributed by atoms with Gasteiger partial charge in [-0.05, 0) is 13.8 Å². The summed E-state index contributed by atoms with van der Waals surface area (Å²) in [6, 6.07) is 1.03. The molecule has 6 heteroatoms. The van der Waals surface area contributed by atoms with E-state index in [1.165, 1.54) is 7.05 Å². The van der Waals surface area contributed by atoms with E-state index >= 15 is 0 Å². The fraction of sp³-hybridized carbons (Fsp3) is 0.444. The van der Waals surface area contributed by atoms with Crippen LogP contribution in [-0.2, 0) is 11.8 Å². The molecule has 0 unspecified atom stereocenters. The molecule has 0 aliphatic rings. The molecule has 0 aliphatic carbocycles. The predicted octanol–water partition coefficient (Wildman–Crippen LogP) is -0.361. The van der Waals surface area contributed by atoms with Crippen LogP contribution in [0.5, 0.6) is 0 Å². The highest BCUT2D eigenvalue weighted by Crippen LogP contribution is 1.96. The van der Waals surface area contributed by atoms with Gasteiger partial charge in [-0.15, -0.1) is 0 Å². The summed E-state index contributed by atoms with van der Waals surface area (Å²) >= 11 is 0. The highest BCUT2D eigenvalue weighted by Gasteiger charge is 2.12. The van der Waals surface area contributed by atoms with Crippen LogP contribution in [0.15, 0.2) is 15.7 Å². The van der Waals surface area contributed by atoms with Gasteiger partial charge in [-0.2, -0.15) is 0 Å². The average Bonchev–Trinajstić information content (AvgIpc) is 2.12. The topological polar surface area (TPSA) is 81.2 Å². The Kier molecular flexibility index (Phi) is 3.08. The first-order valence-electron chi connectivity index (χ1n) is 4.43. The summed E-state index contributed by atoms with van der Waals surface area (Å²) in [7, 11) is 1.32. The normalized spacial score (nSPS) is 10.4. The van der Waals surface area contributed by atoms with Gasteiger partial charge in [0.25, 0.3) is 5.56 Å². The Bertz CT molecular complexity index is 452. The van der Waals surface area contributed by atoms with E-state index in [1.54, 1.807) is 13.8 Å². The molecule has 0 aliphatic heterocycles. The van der Waals surface area contributed by atoms with Crippen LogP contribution in [0.1, 0.15) is 24.3 Å². The van der Waals surface area contributed by atoms with Crippen LogP contribution in [0.2, 0.25) is 0 Å². The van der Waals surface area contributed by atoms with Gasteiger partial charge >= 0.3 is 11.7 Å². The Morgan fingerprint density at radius 1 is 1.47 bits per heavy atom. The molecule has 82 valence electrons. The molecule has 0 saturated heterocycles. The number of nitrogens with one attached hydrogen (secondary N) is 1. The zero-order chi connectivity index (χ0) is 11.6. The van der Waals surface area contributed by atoms with Crippen molar-refractivity contribution in [1.82, 2.24) is 9.55 Å². The number of nitrogens with zero attached hydrogens (tertiary/aromatic N) is 1. The molecule has 1 aromatic rings. The van der Waals surface area contributed by atoms with Gasteiger partial charge in [0.15, 0.2) is 0 Å². The second-order valence-corrected chi connectivity index (χ2v) is 3.34. The molecule has 0 aromatic carbocycles. The van der Waals surface area contributed by atoms with E-state index in [9.17, 15) is 14.4 Å². The van der Waals surface area contributed by atoms with Crippen molar-refractivity contribution in [2.24, 2.45) is 7.05 Å². The third kappa shape index (κ3) is 2.55. The number of H-pyrrole nitrogens is 1. The van der Waals surface area contributed by atoms with Crippen LogP contribution in [-0.4, -0.2) is 21.6 Å². The van der Waals surface area contributed by atoms with E-state index in [1.807, 2.05) is 0 Å². The maximum atomic E-state index is 11.3. The first kappa shape index (κ1) is 11.2. The molecule has 0 bridgehead atoms. The maximum absolute atomic E-state index is 11.3. The highest BCUT2D eigenvalue weighted by atomic mass is 16.5. The minimum atomic E-state index is -0.709. The van der Waals surface area contributed by atoms with E-state index in [4.69, 9.17) is 4.74 Å². The van der Waals surface area contributed by atoms with Crippen molar-refractivity contribution in [2.45, 2.75) is 20.0 Å². The minimum Gasteiger partial charge on any atom is -0.458 e. The average molecular weight is 212 g/mol. The third-order valence-electron chi connectivity index (χ3n) is 1.71. The van der Waals surface area contributed by atoms with Crippen LogP contribution in [0.4, 0.5) is 0 Å². The van der Waals surface area contributed by atoms with Gasteiger partial charge in [0.05, 0.1) is 6.10 Å². The van der Waals surface area contributed by atoms with Crippen molar-refractivity contribution in [2.75, 3.05) is 0 Å². The first-order valence-corrected chi connectivity index (χ1v) is 4.43. The number of ether oxygens (including phenoxy) is 1. The van der Waals surface area contributed by atoms with Gasteiger partial charge in [0, 0.05) is 13.1 Å². The molecule has 1 aromatic heterocycles. The number of aromatic nitrogens is 2. The smallest absolute Gasteiger partial charge is 0.355 e. The predicted molar refractivity (Wildman–Crippen MR) is 52.9 cm³/mol. The number of carbonyl (C=O) groups excluding carboxylic acids is 1. The summed E-state index contributed by atoms with van der Waals surface area (Å²) in [6.07, 6.45) is -0.301. The highest BCUT2D eigenvalue weighted by molar-refractivity contribution is 5.87. The Morgan fingerprint density at radius 2 is 2.07 bits per heavy atom. The monoisotopic (exact) mass is 212 g/mol. The number of aromatic amines is 1. The second kappa shape index (κ2) is 4.12. The zero-order valence-corrected chi connectivity index (χ0v) is 8.73. The summed E-state index contributed by atoms with van der Waals surface area (Å²) in [5, 5.41) is 0. The Hall–Kier alpha value is -1.85. The standard InChI is InChI=1S/C9H12N2O4/c1-5(2)15-8(13)6-4-7(12)11(3)9(14)10-6/h4-5H,1-3H3,(H,10,14). The Balaban J connectivity index is 3.13. The molecular weight excluding hydrogens is 200 g/mol. The van der Waals surface area contributed by atoms with Gasteiger partial charge in [-0.3, -0.25) is 9.36 Å². The fourth-order valence-electron chi connectivity index (χ4n) is 0.943. The summed E-state index contributed by atoms with van der Waals surface area (Å²) in [5.74, 6) is -0.709. The lowest BCUT2D eigenvalue weighted by atomic mass is 10.4. The Labute approximate surface area is 85.5 Å².